The zero-order valence-electron chi connectivity index (χ0n) is 55.4. The number of carbonyl (C=O) groups is 5. The van der Waals surface area contributed by atoms with Crippen molar-refractivity contribution in [1.29, 1.82) is 0 Å². The number of hydrogen-bond donors (Lipinski definition) is 10. The molecule has 5 aromatic rings. The van der Waals surface area contributed by atoms with E-state index in [-0.39, 0.29) is 89.9 Å². The highest BCUT2D eigenvalue weighted by Gasteiger charge is 2.55. The molecular formula is C68H83ClF2N10O16. The summed E-state index contributed by atoms with van der Waals surface area (Å²) in [6.45, 7) is 16.1. The van der Waals surface area contributed by atoms with Crippen LogP contribution in [0.5, 0.6) is 23.0 Å². The SMILES string of the molecule is CO[C@H]1/C=C/O[C@@]2(C)Oc3c(C)c(O)c4c(O)c(c(/C=N\N5CCN(C)CC5)c(O)c4c3C2=O)NC(=O)/C(C)=C\C=C\[C@@H](C)[C@H](O)[C@@H](C)[C@H](O)[C@@H](C)[C@H](OC(C)=O)[C@@H]1C.NNC(=O)c1ccncc1.N[C@@H]1CN(c2c(F)cc3c(=O)c(C(=O)O)cn([C@@H]4C[C@@H]4F)c3c2Cl)CC12CC2. The van der Waals surface area contributed by atoms with E-state index >= 15 is 4.39 Å². The molecule has 1 spiro atoms. The van der Waals surface area contributed by atoms with Crippen LogP contribution in [-0.2, 0) is 23.8 Å². The number of carbonyl (C=O) groups excluding carboxylic acids is 4. The Morgan fingerprint density at radius 3 is 2.21 bits per heavy atom. The van der Waals surface area contributed by atoms with E-state index in [0.717, 1.165) is 38.2 Å². The summed E-state index contributed by atoms with van der Waals surface area (Å²) in [5.41, 5.74) is 7.32. The predicted octanol–water partition coefficient (Wildman–Crippen LogP) is 6.72. The third kappa shape index (κ3) is 14.6. The Kier molecular flexibility index (Phi) is 21.8. The van der Waals surface area contributed by atoms with Gasteiger partial charge in [0.2, 0.25) is 5.43 Å². The number of aliphatic hydroxyl groups is 2. The fraction of sp³-hybridized carbons (Fsp3) is 0.471. The first-order valence-corrected chi connectivity index (χ1v) is 32.1. The molecule has 12 N–H and O–H groups in total. The number of nitrogen functional groups attached to an aromatic ring is 1. The second-order valence-electron chi connectivity index (χ2n) is 26.0. The topological polar surface area (TPSA) is 377 Å². The number of anilines is 2. The number of aromatic hydroxyl groups is 3. The Hall–Kier alpha value is -8.77. The number of aromatic nitrogens is 2. The minimum absolute atomic E-state index is 0.00645. The number of likely N-dealkylation sites (N-methyl/N-ethyl adjacent to an activating group) is 1. The Labute approximate surface area is 562 Å². The van der Waals surface area contributed by atoms with Gasteiger partial charge in [-0.1, -0.05) is 57.5 Å². The molecule has 2 aliphatic carbocycles. The molecule has 0 radical (unpaired) electrons. The number of methoxy groups -OCH3 is 1. The predicted molar refractivity (Wildman–Crippen MR) is 357 cm³/mol. The second kappa shape index (κ2) is 29.1. The van der Waals surface area contributed by atoms with Crippen molar-refractivity contribution in [2.75, 3.05) is 63.6 Å². The number of nitrogens with two attached hydrogens (primary N) is 2. The number of alkyl halides is 1. The monoisotopic (exact) mass is 1370 g/mol. The van der Waals surface area contributed by atoms with Crippen molar-refractivity contribution in [2.24, 2.45) is 45.8 Å². The van der Waals surface area contributed by atoms with Crippen LogP contribution in [0.3, 0.4) is 0 Å². The van der Waals surface area contributed by atoms with E-state index < -0.39 is 124 Å². The fourth-order valence-corrected chi connectivity index (χ4v) is 13.3. The number of nitrogens with zero attached hydrogens (tertiary/aromatic N) is 6. The van der Waals surface area contributed by atoms with Crippen LogP contribution in [0, 0.1) is 41.8 Å². The van der Waals surface area contributed by atoms with Crippen LogP contribution in [0.25, 0.3) is 21.7 Å². The molecule has 2 saturated heterocycles. The average molecular weight is 1370 g/mol. The Morgan fingerprint density at radius 1 is 0.959 bits per heavy atom. The summed E-state index contributed by atoms with van der Waals surface area (Å²) < 4.78 is 53.8. The van der Waals surface area contributed by atoms with Crippen molar-refractivity contribution in [3.05, 3.63) is 122 Å². The van der Waals surface area contributed by atoms with Crippen molar-refractivity contribution < 1.29 is 82.3 Å². The van der Waals surface area contributed by atoms with Crippen LogP contribution in [0.2, 0.25) is 5.02 Å². The number of allylic oxidation sites excluding steroid dienone is 2. The quantitative estimate of drug-likeness (QED) is 0.0146. The Balaban J connectivity index is 0.000000235. The van der Waals surface area contributed by atoms with E-state index in [4.69, 9.17) is 42.1 Å². The highest BCUT2D eigenvalue weighted by atomic mass is 35.5. The molecule has 3 aromatic carbocycles. The van der Waals surface area contributed by atoms with E-state index in [1.165, 1.54) is 76.4 Å². The number of esters is 1. The maximum Gasteiger partial charge on any atom is 0.341 e. The number of phenols is 3. The van der Waals surface area contributed by atoms with Gasteiger partial charge in [0.05, 0.1) is 80.6 Å². The van der Waals surface area contributed by atoms with Crippen LogP contribution >= 0.6 is 11.6 Å². The van der Waals surface area contributed by atoms with Gasteiger partial charge in [-0.05, 0) is 58.0 Å². The number of carboxylic acids is 1. The average Bonchev–Trinajstić information content (AvgIpc) is 1.66. The van der Waals surface area contributed by atoms with Crippen LogP contribution in [-0.4, -0.2) is 182 Å². The van der Waals surface area contributed by atoms with Crippen molar-refractivity contribution in [3.63, 3.8) is 0 Å². The number of pyridine rings is 2. The van der Waals surface area contributed by atoms with Gasteiger partial charge in [-0.2, -0.15) is 5.10 Å². The number of amides is 2. The van der Waals surface area contributed by atoms with E-state index in [1.807, 2.05) is 12.5 Å². The van der Waals surface area contributed by atoms with Crippen molar-refractivity contribution in [3.8, 4) is 23.0 Å². The molecule has 2 amide bonds. The number of fused-ring (bicyclic) bond motifs is 15. The van der Waals surface area contributed by atoms with E-state index in [9.17, 15) is 63.8 Å². The van der Waals surface area contributed by atoms with Crippen LogP contribution < -0.4 is 37.4 Å². The van der Waals surface area contributed by atoms with E-state index in [0.29, 0.717) is 31.7 Å². The Bertz CT molecular complexity index is 4090. The third-order valence-electron chi connectivity index (χ3n) is 19.3. The molecule has 12 rings (SSSR count). The molecule has 7 heterocycles. The molecule has 5 bridgehead atoms. The fourth-order valence-electron chi connectivity index (χ4n) is 12.9. The number of aromatic carboxylic acids is 1. The van der Waals surface area contributed by atoms with Gasteiger partial charge < -0.3 is 75.0 Å². The standard InChI is InChI=1S/C43H58N4O12.C19H18ClF2N3O3.C6H7N3O/c1-21-12-11-13-22(2)42(55)45-33-28(20-44-47-17-15-46(9)16-18-47)37(52)30-31(38(33)53)36(51)26(6)40-32(30)41(54)43(8,59-40)57-19-14-29(56-10)23(3)39(58-27(7)48)25(5)35(50)24(4)34(21)49;20-14-15-8(17(26)9(18(27)28)5-25(15)12-4-10(12)21)3-11(22)16(14)24-6-13(23)19(7-24)1-2-19;7-9-6(10)5-1-3-8-4-2-5/h11-14,19-21,23-25,29,34-35,39,49-53H,15-18H2,1-10H3,(H,45,55);3,5,10,12-13H,1-2,4,6-7,23H2,(H,27,28);1-4H,7H2,(H,9,10)/b12-11+,19-14+,22-13-,44-20-;;/t21-,23-,24-,25-,29+,34+,35+,39-,43+;10-,12+,13+;/m10./s1. The lowest BCUT2D eigenvalue weighted by atomic mass is 9.78. The van der Waals surface area contributed by atoms with E-state index in [2.05, 4.69) is 20.3 Å². The Morgan fingerprint density at radius 2 is 1.62 bits per heavy atom. The lowest BCUT2D eigenvalue weighted by Crippen LogP contribution is -2.46. The largest absolute Gasteiger partial charge is 0.507 e. The molecule has 7 aliphatic rings. The molecule has 2 saturated carbocycles. The summed E-state index contributed by atoms with van der Waals surface area (Å²) in [6.07, 6.45) is 10.0. The normalized spacial score (nSPS) is 28.4. The number of carboxylic acid groups (broad SMARTS) is 1. The van der Waals surface area contributed by atoms with E-state index in [1.54, 1.807) is 61.9 Å². The molecule has 2 aromatic heterocycles. The zero-order valence-corrected chi connectivity index (χ0v) is 56.1. The molecule has 522 valence electrons. The number of phenolic OH excluding ortho intramolecular Hbond substituents is 3. The van der Waals surface area contributed by atoms with Crippen molar-refractivity contribution in [2.45, 2.75) is 123 Å². The summed E-state index contributed by atoms with van der Waals surface area (Å²) >= 11 is 6.56. The number of hydrazone groups is 1. The second-order valence-corrected chi connectivity index (χ2v) is 26.4. The lowest BCUT2D eigenvalue weighted by molar-refractivity contribution is -0.160. The zero-order chi connectivity index (χ0) is 71.0. The first-order valence-electron chi connectivity index (χ1n) is 31.7. The third-order valence-corrected chi connectivity index (χ3v) is 19.7. The molecule has 29 heteroatoms. The number of benzene rings is 3. The van der Waals surface area contributed by atoms with Gasteiger partial charge >= 0.3 is 17.7 Å². The number of halogens is 3. The number of hydrazine groups is 1. The maximum atomic E-state index is 15.0. The van der Waals surface area contributed by atoms with Gasteiger partial charge in [0, 0.05) is 142 Å². The maximum absolute atomic E-state index is 15.0. The summed E-state index contributed by atoms with van der Waals surface area (Å²) in [7, 11) is 3.42. The van der Waals surface area contributed by atoms with Crippen molar-refractivity contribution in [1.82, 2.24) is 24.9 Å². The highest BCUT2D eigenvalue weighted by molar-refractivity contribution is 6.38. The number of ether oxygens (including phenoxy) is 4. The number of aliphatic hydroxyl groups excluding tert-OH is 2. The lowest BCUT2D eigenvalue weighted by Gasteiger charge is -2.38. The number of ketones is 1. The smallest absolute Gasteiger partial charge is 0.341 e. The first kappa shape index (κ1) is 72.5. The number of nitrogens with one attached hydrogen (secondary N) is 2. The number of Topliss-reactive ketones (excluding diaryl/α,β-unsaturated/α-hetero) is 1. The highest BCUT2D eigenvalue weighted by Crippen LogP contribution is 2.56. The summed E-state index contributed by atoms with van der Waals surface area (Å²) in [5, 5.41) is 76.0. The minimum Gasteiger partial charge on any atom is -0.507 e. The molecule has 97 heavy (non-hydrogen) atoms. The summed E-state index contributed by atoms with van der Waals surface area (Å²) in [4.78, 5) is 83.0. The summed E-state index contributed by atoms with van der Waals surface area (Å²) in [5.74, 6) is -5.92. The number of piperazine rings is 1. The first-order chi connectivity index (χ1) is 45.8. The summed E-state index contributed by atoms with van der Waals surface area (Å²) in [6, 6.07) is 3.48. The van der Waals surface area contributed by atoms with Gasteiger partial charge in [-0.25, -0.2) is 19.4 Å². The minimum atomic E-state index is -2.04. The van der Waals surface area contributed by atoms with Gasteiger partial charge in [0.15, 0.2) is 5.75 Å². The number of hydrogen-bond acceptors (Lipinski definition) is 22. The van der Waals surface area contributed by atoms with Crippen LogP contribution in [0.15, 0.2) is 82.8 Å². The van der Waals surface area contributed by atoms with Crippen LogP contribution in [0.4, 0.5) is 20.2 Å². The van der Waals surface area contributed by atoms with Gasteiger partial charge in [0.25, 0.3) is 17.6 Å². The van der Waals surface area contributed by atoms with Crippen LogP contribution in [0.1, 0.15) is 116 Å². The number of rotatable bonds is 8. The van der Waals surface area contributed by atoms with Gasteiger partial charge in [0.1, 0.15) is 40.9 Å². The molecule has 5 aliphatic heterocycles. The molecular weight excluding hydrogens is 1290 g/mol. The van der Waals surface area contributed by atoms with Gasteiger partial charge in [-0.15, -0.1) is 0 Å². The molecule has 26 nitrogen and oxygen atoms in total. The van der Waals surface area contributed by atoms with Crippen molar-refractivity contribution >= 4 is 80.4 Å². The molecule has 4 fully saturated rings. The molecule has 12 atom stereocenters. The van der Waals surface area contributed by atoms with Gasteiger partial charge in [-0.3, -0.25) is 39.4 Å². The molecule has 0 unspecified atom stereocenters.